The number of anilines is 1. The van der Waals surface area contributed by atoms with Crippen molar-refractivity contribution in [3.05, 3.63) is 75.7 Å². The van der Waals surface area contributed by atoms with Gasteiger partial charge in [0, 0.05) is 23.4 Å². The first-order chi connectivity index (χ1) is 13.0. The van der Waals surface area contributed by atoms with Crippen molar-refractivity contribution in [3.63, 3.8) is 0 Å². The summed E-state index contributed by atoms with van der Waals surface area (Å²) >= 11 is 5.88. The molecule has 0 aliphatic heterocycles. The maximum absolute atomic E-state index is 12.6. The van der Waals surface area contributed by atoms with E-state index in [4.69, 9.17) is 21.1 Å². The van der Waals surface area contributed by atoms with E-state index in [9.17, 15) is 9.59 Å². The first-order valence-electron chi connectivity index (χ1n) is 7.91. The van der Waals surface area contributed by atoms with Crippen LogP contribution in [0.15, 0.2) is 59.5 Å². The highest BCUT2D eigenvalue weighted by molar-refractivity contribution is 6.30. The highest BCUT2D eigenvalue weighted by atomic mass is 35.5. The van der Waals surface area contributed by atoms with Gasteiger partial charge in [-0.25, -0.2) is 4.68 Å². The monoisotopic (exact) mass is 385 g/mol. The summed E-state index contributed by atoms with van der Waals surface area (Å²) < 4.78 is 11.8. The van der Waals surface area contributed by atoms with E-state index in [0.29, 0.717) is 27.9 Å². The lowest BCUT2D eigenvalue weighted by atomic mass is 10.2. The largest absolute Gasteiger partial charge is 0.497 e. The topological polar surface area (TPSA) is 82.4 Å². The van der Waals surface area contributed by atoms with Gasteiger partial charge in [0.05, 0.1) is 25.6 Å². The van der Waals surface area contributed by atoms with Gasteiger partial charge in [-0.05, 0) is 36.4 Å². The summed E-state index contributed by atoms with van der Waals surface area (Å²) in [7, 11) is 2.99. The summed E-state index contributed by atoms with van der Waals surface area (Å²) in [6.45, 7) is 0. The molecule has 7 nitrogen and oxygen atoms in total. The molecule has 0 saturated heterocycles. The lowest BCUT2D eigenvalue weighted by molar-refractivity contribution is 0.101. The smallest absolute Gasteiger partial charge is 0.280 e. The summed E-state index contributed by atoms with van der Waals surface area (Å²) in [4.78, 5) is 24.8. The van der Waals surface area contributed by atoms with Crippen LogP contribution in [0.5, 0.6) is 11.5 Å². The standard InChI is InChI=1S/C19H16ClN3O4/c1-26-14-7-8-17(27-2)15(11-14)21-19(25)18-16(24)9-10-23(22-18)13-5-3-12(20)4-6-13/h3-11H,1-2H3,(H,21,25). The van der Waals surface area contributed by atoms with E-state index in [1.165, 1.54) is 31.2 Å². The van der Waals surface area contributed by atoms with E-state index >= 15 is 0 Å². The Morgan fingerprint density at radius 1 is 1.07 bits per heavy atom. The number of aromatic nitrogens is 2. The van der Waals surface area contributed by atoms with E-state index in [-0.39, 0.29) is 5.69 Å². The van der Waals surface area contributed by atoms with E-state index in [2.05, 4.69) is 10.4 Å². The zero-order valence-corrected chi connectivity index (χ0v) is 15.4. The van der Waals surface area contributed by atoms with Crippen LogP contribution in [0.2, 0.25) is 5.02 Å². The van der Waals surface area contributed by atoms with Crippen LogP contribution in [0.3, 0.4) is 0 Å². The van der Waals surface area contributed by atoms with Gasteiger partial charge in [0.2, 0.25) is 5.43 Å². The second-order valence-electron chi connectivity index (χ2n) is 5.47. The fourth-order valence-electron chi connectivity index (χ4n) is 2.40. The number of methoxy groups -OCH3 is 2. The number of hydrogen-bond acceptors (Lipinski definition) is 5. The number of halogens is 1. The van der Waals surface area contributed by atoms with Crippen molar-refractivity contribution in [2.75, 3.05) is 19.5 Å². The molecule has 1 aromatic heterocycles. The normalized spacial score (nSPS) is 10.3. The molecule has 0 spiro atoms. The SMILES string of the molecule is COc1ccc(OC)c(NC(=O)c2nn(-c3ccc(Cl)cc3)ccc2=O)c1. The van der Waals surface area contributed by atoms with Crippen molar-refractivity contribution in [2.24, 2.45) is 0 Å². The minimum absolute atomic E-state index is 0.252. The Bertz CT molecular complexity index is 1030. The van der Waals surface area contributed by atoms with Crippen LogP contribution >= 0.6 is 11.6 Å². The number of carbonyl (C=O) groups is 1. The molecule has 0 aliphatic carbocycles. The summed E-state index contributed by atoms with van der Waals surface area (Å²) in [5.74, 6) is 0.304. The highest BCUT2D eigenvalue weighted by Crippen LogP contribution is 2.29. The van der Waals surface area contributed by atoms with Crippen LogP contribution in [-0.2, 0) is 0 Å². The van der Waals surface area contributed by atoms with Gasteiger partial charge in [-0.1, -0.05) is 11.6 Å². The van der Waals surface area contributed by atoms with Gasteiger partial charge >= 0.3 is 0 Å². The van der Waals surface area contributed by atoms with Gasteiger partial charge in [0.25, 0.3) is 5.91 Å². The molecular formula is C19H16ClN3O4. The number of amides is 1. The minimum atomic E-state index is -0.658. The number of benzene rings is 2. The average molecular weight is 386 g/mol. The molecule has 0 fully saturated rings. The Morgan fingerprint density at radius 3 is 2.48 bits per heavy atom. The fourth-order valence-corrected chi connectivity index (χ4v) is 2.52. The highest BCUT2D eigenvalue weighted by Gasteiger charge is 2.16. The first kappa shape index (κ1) is 18.5. The third-order valence-electron chi connectivity index (χ3n) is 3.77. The molecule has 0 unspecified atom stereocenters. The number of carbonyl (C=O) groups excluding carboxylic acids is 1. The minimum Gasteiger partial charge on any atom is -0.497 e. The van der Waals surface area contributed by atoms with Gasteiger partial charge in [0.1, 0.15) is 11.5 Å². The lowest BCUT2D eigenvalue weighted by Gasteiger charge is -2.12. The number of nitrogens with zero attached hydrogens (tertiary/aromatic N) is 2. The molecule has 138 valence electrons. The zero-order valence-electron chi connectivity index (χ0n) is 14.6. The van der Waals surface area contributed by atoms with Gasteiger partial charge < -0.3 is 14.8 Å². The molecule has 1 amide bonds. The van der Waals surface area contributed by atoms with Crippen LogP contribution in [0, 0.1) is 0 Å². The van der Waals surface area contributed by atoms with Crippen LogP contribution in [0.4, 0.5) is 5.69 Å². The van der Waals surface area contributed by atoms with Crippen molar-refractivity contribution in [2.45, 2.75) is 0 Å². The molecule has 3 rings (SSSR count). The van der Waals surface area contributed by atoms with Crippen LogP contribution < -0.4 is 20.2 Å². The predicted octanol–water partition coefficient (Wildman–Crippen LogP) is 3.16. The average Bonchev–Trinajstić information content (AvgIpc) is 2.69. The Labute approximate surface area is 160 Å². The van der Waals surface area contributed by atoms with E-state index in [1.807, 2.05) is 0 Å². The Balaban J connectivity index is 1.94. The fraction of sp³-hybridized carbons (Fsp3) is 0.105. The molecule has 27 heavy (non-hydrogen) atoms. The molecule has 1 heterocycles. The van der Waals surface area contributed by atoms with Crippen molar-refractivity contribution in [3.8, 4) is 17.2 Å². The lowest BCUT2D eigenvalue weighted by Crippen LogP contribution is -2.25. The first-order valence-corrected chi connectivity index (χ1v) is 8.29. The molecule has 8 heteroatoms. The van der Waals surface area contributed by atoms with Gasteiger partial charge in [-0.3, -0.25) is 9.59 Å². The molecule has 0 bridgehead atoms. The van der Waals surface area contributed by atoms with Crippen molar-refractivity contribution < 1.29 is 14.3 Å². The third-order valence-corrected chi connectivity index (χ3v) is 4.02. The van der Waals surface area contributed by atoms with Gasteiger partial charge in [-0.2, -0.15) is 5.10 Å². The molecule has 1 N–H and O–H groups in total. The van der Waals surface area contributed by atoms with E-state index in [0.717, 1.165) is 0 Å². The van der Waals surface area contributed by atoms with E-state index < -0.39 is 11.3 Å². The summed E-state index contributed by atoms with van der Waals surface area (Å²) in [5.41, 5.74) is 0.272. The second kappa shape index (κ2) is 7.92. The quantitative estimate of drug-likeness (QED) is 0.729. The number of hydrogen-bond donors (Lipinski definition) is 1. The van der Waals surface area contributed by atoms with Crippen molar-refractivity contribution >= 4 is 23.2 Å². The molecule has 2 aromatic carbocycles. The summed E-state index contributed by atoms with van der Waals surface area (Å²) in [6.07, 6.45) is 1.48. The summed E-state index contributed by atoms with van der Waals surface area (Å²) in [5, 5.41) is 7.36. The molecule has 0 radical (unpaired) electrons. The third kappa shape index (κ3) is 4.09. The molecule has 0 atom stereocenters. The number of ether oxygens (including phenoxy) is 2. The van der Waals surface area contributed by atoms with Crippen molar-refractivity contribution in [1.29, 1.82) is 0 Å². The zero-order chi connectivity index (χ0) is 19.4. The number of nitrogens with one attached hydrogen (secondary N) is 1. The van der Waals surface area contributed by atoms with Gasteiger partial charge in [0.15, 0.2) is 5.69 Å². The molecule has 0 aliphatic rings. The Morgan fingerprint density at radius 2 is 1.81 bits per heavy atom. The maximum Gasteiger partial charge on any atom is 0.280 e. The van der Waals surface area contributed by atoms with Crippen LogP contribution in [-0.4, -0.2) is 29.9 Å². The Hall–Kier alpha value is -3.32. The van der Waals surface area contributed by atoms with Gasteiger partial charge in [-0.15, -0.1) is 0 Å². The molecular weight excluding hydrogens is 370 g/mol. The summed E-state index contributed by atoms with van der Waals surface area (Å²) in [6, 6.07) is 13.1. The second-order valence-corrected chi connectivity index (χ2v) is 5.91. The maximum atomic E-state index is 12.6. The van der Waals surface area contributed by atoms with Crippen LogP contribution in [0.1, 0.15) is 10.5 Å². The van der Waals surface area contributed by atoms with E-state index in [1.54, 1.807) is 42.5 Å². The van der Waals surface area contributed by atoms with Crippen molar-refractivity contribution in [1.82, 2.24) is 9.78 Å². The predicted molar refractivity (Wildman–Crippen MR) is 102 cm³/mol. The molecule has 0 saturated carbocycles. The van der Waals surface area contributed by atoms with Crippen LogP contribution in [0.25, 0.3) is 5.69 Å². The Kier molecular flexibility index (Phi) is 5.42. The number of rotatable bonds is 5. The molecule has 3 aromatic rings.